The van der Waals surface area contributed by atoms with Crippen molar-refractivity contribution < 1.29 is 9.90 Å². The lowest BCUT2D eigenvalue weighted by Crippen LogP contribution is -2.49. The number of aromatic hydroxyl groups is 1. The highest BCUT2D eigenvalue weighted by Gasteiger charge is 2.24. The van der Waals surface area contributed by atoms with Crippen LogP contribution in [0.1, 0.15) is 21.5 Å². The molecule has 28 heavy (non-hydrogen) atoms. The summed E-state index contributed by atoms with van der Waals surface area (Å²) in [4.78, 5) is 25.3. The topological polar surface area (TPSA) is 69.6 Å². The summed E-state index contributed by atoms with van der Waals surface area (Å²) in [6, 6.07) is 15.4. The van der Waals surface area contributed by atoms with Crippen molar-refractivity contribution in [3.63, 3.8) is 0 Å². The van der Waals surface area contributed by atoms with Crippen LogP contribution in [0.25, 0.3) is 0 Å². The van der Waals surface area contributed by atoms with Crippen LogP contribution in [0.5, 0.6) is 5.75 Å². The van der Waals surface area contributed by atoms with Crippen LogP contribution in [0.15, 0.2) is 67.1 Å². The molecule has 0 atom stereocenters. The summed E-state index contributed by atoms with van der Waals surface area (Å²) in [6.07, 6.45) is 5.77. The number of carbonyl (C=O) groups is 1. The Balaban J connectivity index is 1.45. The van der Waals surface area contributed by atoms with Crippen molar-refractivity contribution in [1.82, 2.24) is 14.9 Å². The molecule has 0 aliphatic carbocycles. The molecule has 0 unspecified atom stereocenters. The Morgan fingerprint density at radius 3 is 2.46 bits per heavy atom. The zero-order valence-corrected chi connectivity index (χ0v) is 15.5. The van der Waals surface area contributed by atoms with E-state index in [2.05, 4.69) is 27.0 Å². The first-order valence-electron chi connectivity index (χ1n) is 9.37. The first-order valence-corrected chi connectivity index (χ1v) is 9.37. The first-order chi connectivity index (χ1) is 13.7. The second-order valence-electron chi connectivity index (χ2n) is 6.86. The number of phenols is 1. The number of aromatic nitrogens is 2. The average Bonchev–Trinajstić information content (AvgIpc) is 2.76. The fraction of sp³-hybridized carbons (Fsp3) is 0.227. The van der Waals surface area contributed by atoms with E-state index in [-0.39, 0.29) is 11.7 Å². The van der Waals surface area contributed by atoms with Crippen LogP contribution in [0.3, 0.4) is 0 Å². The molecule has 4 rings (SSSR count). The van der Waals surface area contributed by atoms with Gasteiger partial charge in [0.25, 0.3) is 5.91 Å². The van der Waals surface area contributed by atoms with E-state index in [1.807, 2.05) is 24.3 Å². The van der Waals surface area contributed by atoms with E-state index in [1.54, 1.807) is 35.6 Å². The number of rotatable bonds is 4. The molecule has 0 radical (unpaired) electrons. The van der Waals surface area contributed by atoms with Crippen LogP contribution in [0, 0.1) is 0 Å². The largest absolute Gasteiger partial charge is 0.507 e. The van der Waals surface area contributed by atoms with Crippen LogP contribution in [-0.4, -0.2) is 52.1 Å². The predicted octanol–water partition coefficient (Wildman–Crippen LogP) is 2.74. The number of anilines is 1. The second-order valence-corrected chi connectivity index (χ2v) is 6.86. The molecule has 0 saturated carbocycles. The first kappa shape index (κ1) is 18.0. The molecule has 2 aromatic carbocycles. The Morgan fingerprint density at radius 2 is 1.75 bits per heavy atom. The van der Waals surface area contributed by atoms with Crippen molar-refractivity contribution in [2.75, 3.05) is 31.1 Å². The van der Waals surface area contributed by atoms with Gasteiger partial charge in [0.05, 0.1) is 11.8 Å². The summed E-state index contributed by atoms with van der Waals surface area (Å²) in [5, 5.41) is 10.3. The molecule has 6 heteroatoms. The van der Waals surface area contributed by atoms with E-state index in [1.165, 1.54) is 5.56 Å². The normalized spacial score (nSPS) is 14.1. The Kier molecular flexibility index (Phi) is 5.19. The van der Waals surface area contributed by atoms with Gasteiger partial charge in [0.15, 0.2) is 0 Å². The quantitative estimate of drug-likeness (QED) is 0.760. The molecule has 1 aromatic heterocycles. The van der Waals surface area contributed by atoms with Crippen molar-refractivity contribution in [3.8, 4) is 5.75 Å². The van der Waals surface area contributed by atoms with Crippen molar-refractivity contribution in [2.24, 2.45) is 0 Å². The molecule has 1 aliphatic heterocycles. The van der Waals surface area contributed by atoms with Crippen LogP contribution in [0.2, 0.25) is 0 Å². The van der Waals surface area contributed by atoms with E-state index in [0.717, 1.165) is 17.8 Å². The van der Waals surface area contributed by atoms with Crippen molar-refractivity contribution in [3.05, 3.63) is 83.8 Å². The molecule has 0 spiro atoms. The van der Waals surface area contributed by atoms with E-state index in [4.69, 9.17) is 0 Å². The van der Waals surface area contributed by atoms with Gasteiger partial charge in [0.2, 0.25) is 0 Å². The smallest absolute Gasteiger partial charge is 0.257 e. The van der Waals surface area contributed by atoms with Gasteiger partial charge in [0, 0.05) is 38.6 Å². The fourth-order valence-corrected chi connectivity index (χ4v) is 3.46. The lowest BCUT2D eigenvalue weighted by molar-refractivity contribution is 0.0743. The van der Waals surface area contributed by atoms with Gasteiger partial charge in [-0.25, -0.2) is 4.98 Å². The maximum absolute atomic E-state index is 13.0. The van der Waals surface area contributed by atoms with Crippen molar-refractivity contribution in [2.45, 2.75) is 6.42 Å². The summed E-state index contributed by atoms with van der Waals surface area (Å²) in [7, 11) is 0. The zero-order chi connectivity index (χ0) is 19.3. The Morgan fingerprint density at radius 1 is 0.964 bits per heavy atom. The van der Waals surface area contributed by atoms with Gasteiger partial charge in [-0.1, -0.05) is 36.4 Å². The van der Waals surface area contributed by atoms with Gasteiger partial charge in [-0.3, -0.25) is 9.78 Å². The van der Waals surface area contributed by atoms with Crippen molar-refractivity contribution >= 4 is 11.7 Å². The maximum atomic E-state index is 13.0. The third-order valence-corrected chi connectivity index (χ3v) is 4.98. The minimum Gasteiger partial charge on any atom is -0.507 e. The van der Waals surface area contributed by atoms with Gasteiger partial charge in [-0.15, -0.1) is 0 Å². The highest BCUT2D eigenvalue weighted by atomic mass is 16.3. The number of nitrogens with zero attached hydrogens (tertiary/aromatic N) is 4. The minimum atomic E-state index is -0.133. The van der Waals surface area contributed by atoms with E-state index < -0.39 is 0 Å². The summed E-state index contributed by atoms with van der Waals surface area (Å²) >= 11 is 0. The van der Waals surface area contributed by atoms with Crippen LogP contribution < -0.4 is 4.90 Å². The zero-order valence-electron chi connectivity index (χ0n) is 15.5. The molecule has 1 saturated heterocycles. The average molecular weight is 374 g/mol. The summed E-state index contributed by atoms with van der Waals surface area (Å²) in [5.74, 6) is 0.715. The Hall–Kier alpha value is -3.41. The van der Waals surface area contributed by atoms with E-state index >= 15 is 0 Å². The van der Waals surface area contributed by atoms with Crippen LogP contribution in [0.4, 0.5) is 5.82 Å². The predicted molar refractivity (Wildman–Crippen MR) is 108 cm³/mol. The summed E-state index contributed by atoms with van der Waals surface area (Å²) in [5.41, 5.74) is 2.54. The second kappa shape index (κ2) is 8.08. The standard InChI is InChI=1S/C22H22N4O2/c27-20-7-6-18(14-17-4-2-1-3-5-17)15-19(20)22(28)26-12-10-25(11-13-26)21-16-23-8-9-24-21/h1-9,15-16,27H,10-14H2. The maximum Gasteiger partial charge on any atom is 0.257 e. The van der Waals surface area contributed by atoms with Gasteiger partial charge < -0.3 is 14.9 Å². The lowest BCUT2D eigenvalue weighted by atomic mass is 10.0. The molecule has 1 fully saturated rings. The highest BCUT2D eigenvalue weighted by molar-refractivity contribution is 5.97. The molecule has 6 nitrogen and oxygen atoms in total. The molecule has 3 aromatic rings. The third kappa shape index (κ3) is 3.96. The summed E-state index contributed by atoms with van der Waals surface area (Å²) < 4.78 is 0. The number of hydrogen-bond acceptors (Lipinski definition) is 5. The van der Waals surface area contributed by atoms with Crippen LogP contribution in [-0.2, 0) is 6.42 Å². The molecule has 1 aliphatic rings. The number of piperazine rings is 1. The SMILES string of the molecule is O=C(c1cc(Cc2ccccc2)ccc1O)N1CCN(c2cnccn2)CC1. The summed E-state index contributed by atoms with van der Waals surface area (Å²) in [6.45, 7) is 2.54. The number of benzene rings is 2. The number of carbonyl (C=O) groups excluding carboxylic acids is 1. The molecule has 1 N–H and O–H groups in total. The van der Waals surface area contributed by atoms with Crippen LogP contribution >= 0.6 is 0 Å². The molecule has 0 bridgehead atoms. The number of amides is 1. The van der Waals surface area contributed by atoms with Crippen molar-refractivity contribution in [1.29, 1.82) is 0 Å². The fourth-order valence-electron chi connectivity index (χ4n) is 3.46. The van der Waals surface area contributed by atoms with Gasteiger partial charge in [-0.05, 0) is 29.7 Å². The van der Waals surface area contributed by atoms with Gasteiger partial charge >= 0.3 is 0 Å². The minimum absolute atomic E-state index is 0.0261. The highest BCUT2D eigenvalue weighted by Crippen LogP contribution is 2.23. The van der Waals surface area contributed by atoms with E-state index in [9.17, 15) is 9.90 Å². The number of phenolic OH excluding ortho intramolecular Hbond substituents is 1. The molecular weight excluding hydrogens is 352 g/mol. The molecule has 2 heterocycles. The lowest BCUT2D eigenvalue weighted by Gasteiger charge is -2.35. The van der Waals surface area contributed by atoms with E-state index in [0.29, 0.717) is 31.7 Å². The molecule has 1 amide bonds. The third-order valence-electron chi connectivity index (χ3n) is 4.98. The Labute approximate surface area is 164 Å². The molecular formula is C22H22N4O2. The van der Waals surface area contributed by atoms with Gasteiger partial charge in [-0.2, -0.15) is 0 Å². The number of hydrogen-bond donors (Lipinski definition) is 1. The molecule has 142 valence electrons. The monoisotopic (exact) mass is 374 g/mol. The van der Waals surface area contributed by atoms with Gasteiger partial charge in [0.1, 0.15) is 11.6 Å². The Bertz CT molecular complexity index is 939.